The largest absolute Gasteiger partial charge is 0.339 e. The molecule has 0 unspecified atom stereocenters. The van der Waals surface area contributed by atoms with Gasteiger partial charge in [-0.15, -0.1) is 11.3 Å². The van der Waals surface area contributed by atoms with Crippen molar-refractivity contribution in [2.45, 2.75) is 13.3 Å². The highest BCUT2D eigenvalue weighted by molar-refractivity contribution is 7.09. The van der Waals surface area contributed by atoms with E-state index in [9.17, 15) is 4.79 Å². The molecule has 0 aromatic carbocycles. The van der Waals surface area contributed by atoms with Crippen molar-refractivity contribution in [2.24, 2.45) is 0 Å². The molecule has 0 atom stereocenters. The van der Waals surface area contributed by atoms with Gasteiger partial charge < -0.3 is 15.1 Å². The summed E-state index contributed by atoms with van der Waals surface area (Å²) in [7, 11) is 2.09. The number of likely N-dealkylation sites (N-methyl/N-ethyl adjacent to an activating group) is 1. The zero-order chi connectivity index (χ0) is 13.7. The average Bonchev–Trinajstić information content (AvgIpc) is 2.81. The molecule has 2 rings (SSSR count). The number of carbonyl (C=O) groups excluding carboxylic acids is 1. The van der Waals surface area contributed by atoms with Gasteiger partial charge in [-0.05, 0) is 14.0 Å². The Morgan fingerprint density at radius 3 is 2.79 bits per heavy atom. The molecule has 0 saturated carbocycles. The van der Waals surface area contributed by atoms with E-state index in [0.29, 0.717) is 6.54 Å². The summed E-state index contributed by atoms with van der Waals surface area (Å²) in [6.07, 6.45) is 0.889. The monoisotopic (exact) mass is 282 g/mol. The molecule has 1 aromatic heterocycles. The summed E-state index contributed by atoms with van der Waals surface area (Å²) in [5, 5.41) is 6.39. The maximum atomic E-state index is 12.0. The smallest absolute Gasteiger partial charge is 0.236 e. The Bertz CT molecular complexity index is 413. The fourth-order valence-corrected chi connectivity index (χ4v) is 2.75. The number of thiazole rings is 1. The van der Waals surface area contributed by atoms with Crippen LogP contribution in [0.2, 0.25) is 0 Å². The summed E-state index contributed by atoms with van der Waals surface area (Å²) in [6, 6.07) is 0. The molecular formula is C13H22N4OS. The first kappa shape index (κ1) is 14.4. The van der Waals surface area contributed by atoms with Crippen molar-refractivity contribution >= 4 is 17.2 Å². The van der Waals surface area contributed by atoms with E-state index in [2.05, 4.69) is 27.6 Å². The van der Waals surface area contributed by atoms with Crippen molar-refractivity contribution in [1.82, 2.24) is 20.1 Å². The molecule has 2 heterocycles. The highest BCUT2D eigenvalue weighted by atomic mass is 32.1. The minimum atomic E-state index is 0.211. The van der Waals surface area contributed by atoms with Crippen LogP contribution in [-0.2, 0) is 11.2 Å². The average molecular weight is 282 g/mol. The SMILES string of the molecule is Cc1nc(CCNCC(=O)N2CCN(C)CC2)cs1. The van der Waals surface area contributed by atoms with Crippen LogP contribution in [0.4, 0.5) is 0 Å². The number of rotatable bonds is 5. The standard InChI is InChI=1S/C13H22N4OS/c1-11-15-12(10-19-11)3-4-14-9-13(18)17-7-5-16(2)6-8-17/h10,14H,3-9H2,1-2H3. The Morgan fingerprint density at radius 1 is 1.42 bits per heavy atom. The minimum Gasteiger partial charge on any atom is -0.339 e. The fraction of sp³-hybridized carbons (Fsp3) is 0.692. The lowest BCUT2D eigenvalue weighted by molar-refractivity contribution is -0.131. The molecule has 1 amide bonds. The van der Waals surface area contributed by atoms with Gasteiger partial charge in [0, 0.05) is 44.5 Å². The summed E-state index contributed by atoms with van der Waals surface area (Å²) in [5.74, 6) is 0.211. The van der Waals surface area contributed by atoms with E-state index in [4.69, 9.17) is 0 Å². The van der Waals surface area contributed by atoms with Crippen molar-refractivity contribution in [2.75, 3.05) is 46.3 Å². The molecule has 1 aromatic rings. The molecule has 106 valence electrons. The van der Waals surface area contributed by atoms with E-state index < -0.39 is 0 Å². The summed E-state index contributed by atoms with van der Waals surface area (Å²) in [6.45, 7) is 6.91. The third-order valence-corrected chi connectivity index (χ3v) is 4.18. The van der Waals surface area contributed by atoms with Gasteiger partial charge >= 0.3 is 0 Å². The molecule has 6 heteroatoms. The van der Waals surface area contributed by atoms with E-state index in [1.807, 2.05) is 11.8 Å². The topological polar surface area (TPSA) is 48.5 Å². The Kier molecular flexibility index (Phi) is 5.30. The lowest BCUT2D eigenvalue weighted by Gasteiger charge is -2.32. The van der Waals surface area contributed by atoms with Crippen LogP contribution >= 0.6 is 11.3 Å². The fourth-order valence-electron chi connectivity index (χ4n) is 2.10. The van der Waals surface area contributed by atoms with Crippen LogP contribution in [-0.4, -0.2) is 67.0 Å². The first-order chi connectivity index (χ1) is 9.15. The molecule has 1 saturated heterocycles. The lowest BCUT2D eigenvalue weighted by Crippen LogP contribution is -2.49. The highest BCUT2D eigenvalue weighted by Crippen LogP contribution is 2.07. The summed E-state index contributed by atoms with van der Waals surface area (Å²) in [4.78, 5) is 20.6. The zero-order valence-electron chi connectivity index (χ0n) is 11.7. The molecule has 0 spiro atoms. The highest BCUT2D eigenvalue weighted by Gasteiger charge is 2.18. The van der Waals surface area contributed by atoms with E-state index in [-0.39, 0.29) is 5.91 Å². The van der Waals surface area contributed by atoms with Crippen LogP contribution in [0.15, 0.2) is 5.38 Å². The van der Waals surface area contributed by atoms with Crippen LogP contribution < -0.4 is 5.32 Å². The summed E-state index contributed by atoms with van der Waals surface area (Å²) < 4.78 is 0. The Hall–Kier alpha value is -0.980. The molecule has 19 heavy (non-hydrogen) atoms. The molecule has 0 bridgehead atoms. The van der Waals surface area contributed by atoms with Gasteiger partial charge in [0.05, 0.1) is 17.2 Å². The molecule has 1 N–H and O–H groups in total. The molecule has 1 fully saturated rings. The third kappa shape index (κ3) is 4.56. The number of aryl methyl sites for hydroxylation is 1. The second-order valence-corrected chi connectivity index (χ2v) is 6.03. The van der Waals surface area contributed by atoms with Crippen molar-refractivity contribution in [1.29, 1.82) is 0 Å². The number of aromatic nitrogens is 1. The second kappa shape index (κ2) is 6.98. The van der Waals surface area contributed by atoms with Crippen molar-refractivity contribution in [3.05, 3.63) is 16.1 Å². The van der Waals surface area contributed by atoms with E-state index in [1.165, 1.54) is 0 Å². The second-order valence-electron chi connectivity index (χ2n) is 4.97. The van der Waals surface area contributed by atoms with Gasteiger partial charge in [-0.2, -0.15) is 0 Å². The van der Waals surface area contributed by atoms with E-state index in [1.54, 1.807) is 11.3 Å². The van der Waals surface area contributed by atoms with Gasteiger partial charge in [0.15, 0.2) is 0 Å². The third-order valence-electron chi connectivity index (χ3n) is 3.36. The number of amides is 1. The Morgan fingerprint density at radius 2 is 2.16 bits per heavy atom. The number of hydrogen-bond donors (Lipinski definition) is 1. The Labute approximate surface area is 118 Å². The molecule has 1 aliphatic rings. The van der Waals surface area contributed by atoms with Crippen LogP contribution in [0, 0.1) is 6.92 Å². The number of piperazine rings is 1. The molecule has 1 aliphatic heterocycles. The maximum Gasteiger partial charge on any atom is 0.236 e. The van der Waals surface area contributed by atoms with Crippen molar-refractivity contribution in [3.8, 4) is 0 Å². The van der Waals surface area contributed by atoms with Crippen LogP contribution in [0.5, 0.6) is 0 Å². The number of nitrogens with one attached hydrogen (secondary N) is 1. The number of carbonyl (C=O) groups is 1. The van der Waals surface area contributed by atoms with Crippen LogP contribution in [0.1, 0.15) is 10.7 Å². The summed E-state index contributed by atoms with van der Waals surface area (Å²) in [5.41, 5.74) is 1.11. The first-order valence-electron chi connectivity index (χ1n) is 6.73. The van der Waals surface area contributed by atoms with Gasteiger partial charge in [0.25, 0.3) is 0 Å². The van der Waals surface area contributed by atoms with Gasteiger partial charge in [-0.3, -0.25) is 4.79 Å². The van der Waals surface area contributed by atoms with Gasteiger partial charge in [-0.1, -0.05) is 0 Å². The van der Waals surface area contributed by atoms with Gasteiger partial charge in [0.1, 0.15) is 0 Å². The quantitative estimate of drug-likeness (QED) is 0.792. The first-order valence-corrected chi connectivity index (χ1v) is 7.61. The zero-order valence-corrected chi connectivity index (χ0v) is 12.5. The molecular weight excluding hydrogens is 260 g/mol. The summed E-state index contributed by atoms with van der Waals surface area (Å²) >= 11 is 1.67. The van der Waals surface area contributed by atoms with Gasteiger partial charge in [0.2, 0.25) is 5.91 Å². The van der Waals surface area contributed by atoms with Crippen LogP contribution in [0.25, 0.3) is 0 Å². The number of hydrogen-bond acceptors (Lipinski definition) is 5. The van der Waals surface area contributed by atoms with Crippen molar-refractivity contribution in [3.63, 3.8) is 0 Å². The van der Waals surface area contributed by atoms with E-state index >= 15 is 0 Å². The molecule has 0 radical (unpaired) electrons. The van der Waals surface area contributed by atoms with E-state index in [0.717, 1.165) is 49.8 Å². The normalized spacial score (nSPS) is 16.8. The van der Waals surface area contributed by atoms with Gasteiger partial charge in [-0.25, -0.2) is 4.98 Å². The Balaban J connectivity index is 1.61. The van der Waals surface area contributed by atoms with Crippen molar-refractivity contribution < 1.29 is 4.79 Å². The molecule has 0 aliphatic carbocycles. The van der Waals surface area contributed by atoms with Crippen LogP contribution in [0.3, 0.4) is 0 Å². The lowest BCUT2D eigenvalue weighted by atomic mass is 10.3. The minimum absolute atomic E-state index is 0.211. The maximum absolute atomic E-state index is 12.0. The molecule has 5 nitrogen and oxygen atoms in total. The predicted molar refractivity (Wildman–Crippen MR) is 77.5 cm³/mol. The predicted octanol–water partition coefficient (Wildman–Crippen LogP) is 0.358. The number of nitrogens with zero attached hydrogens (tertiary/aromatic N) is 3.